The maximum Gasteiger partial charge on any atom is 0.413 e. The Kier molecular flexibility index (Phi) is 13.1. The van der Waals surface area contributed by atoms with Crippen LogP contribution in [0.1, 0.15) is 48.7 Å². The van der Waals surface area contributed by atoms with Gasteiger partial charge in [-0.1, -0.05) is 108 Å². The maximum absolute atomic E-state index is 14.6. The summed E-state index contributed by atoms with van der Waals surface area (Å²) in [6.45, 7) is 5.16. The van der Waals surface area contributed by atoms with Gasteiger partial charge < -0.3 is 24.4 Å². The molecule has 0 saturated carbocycles. The van der Waals surface area contributed by atoms with Gasteiger partial charge in [0, 0.05) is 33.7 Å². The molecule has 4 aromatic carbocycles. The highest BCUT2D eigenvalue weighted by Crippen LogP contribution is 2.42. The molecule has 3 amide bonds. The molecule has 61 heavy (non-hydrogen) atoms. The standard InChI is InChI=1S/C45H42ClN5O8S2/c1-44(2,3)58-43(55)49-42-47-34(27-61-42)35(50-59-45(30-14-8-5-9-15-30,31-16-10-6-11-17-31)32-18-12-7-13-19-32)38(52)48-36-39(53)51-37(29(24-46)26-60-40(36)51)41(54)57-25-28-20-22-33(56-4)23-21-28/h5-23,27,36,40H,24-26H2,1-4H3,(H,48,52)(H,47,49,55)/t36-,40+/m1/s1. The van der Waals surface area contributed by atoms with E-state index in [9.17, 15) is 19.2 Å². The molecule has 2 atom stereocenters. The number of methoxy groups -OCH3 is 1. The van der Waals surface area contributed by atoms with E-state index in [0.29, 0.717) is 17.1 Å². The number of nitrogens with zero attached hydrogens (tertiary/aromatic N) is 3. The molecule has 5 aromatic rings. The van der Waals surface area contributed by atoms with Crippen molar-refractivity contribution < 1.29 is 38.2 Å². The number of carbonyl (C=O) groups excluding carboxylic acids is 4. The summed E-state index contributed by atoms with van der Waals surface area (Å²) < 4.78 is 16.3. The zero-order chi connectivity index (χ0) is 43.1. The maximum atomic E-state index is 14.6. The van der Waals surface area contributed by atoms with Crippen LogP contribution in [-0.2, 0) is 40.9 Å². The first-order chi connectivity index (χ1) is 29.4. The van der Waals surface area contributed by atoms with Crippen LogP contribution in [-0.4, -0.2) is 75.2 Å². The Labute approximate surface area is 366 Å². The molecule has 2 aliphatic rings. The second kappa shape index (κ2) is 18.6. The molecule has 0 bridgehead atoms. The van der Waals surface area contributed by atoms with Gasteiger partial charge in [0.05, 0.1) is 7.11 Å². The lowest BCUT2D eigenvalue weighted by Gasteiger charge is -2.49. The smallest absolute Gasteiger partial charge is 0.413 e. The van der Waals surface area contributed by atoms with Crippen molar-refractivity contribution in [3.05, 3.63) is 160 Å². The number of rotatable bonds is 14. The highest BCUT2D eigenvalue weighted by Gasteiger charge is 2.55. The number of nitrogens with one attached hydrogen (secondary N) is 2. The van der Waals surface area contributed by atoms with Gasteiger partial charge >= 0.3 is 12.1 Å². The van der Waals surface area contributed by atoms with Crippen molar-refractivity contribution in [3.63, 3.8) is 0 Å². The molecule has 13 nitrogen and oxygen atoms in total. The molecule has 2 N–H and O–H groups in total. The molecular formula is C45H42ClN5O8S2. The van der Waals surface area contributed by atoms with Crippen molar-refractivity contribution in [3.8, 4) is 5.75 Å². The Hall–Kier alpha value is -6.16. The monoisotopic (exact) mass is 879 g/mol. The van der Waals surface area contributed by atoms with Gasteiger partial charge in [-0.25, -0.2) is 14.6 Å². The number of hydrogen-bond acceptors (Lipinski definition) is 12. The number of thiazole rings is 1. The molecule has 7 rings (SSSR count). The van der Waals surface area contributed by atoms with Crippen LogP contribution in [0.4, 0.5) is 9.93 Å². The predicted molar refractivity (Wildman–Crippen MR) is 234 cm³/mol. The van der Waals surface area contributed by atoms with Crippen LogP contribution in [0.5, 0.6) is 5.75 Å². The molecule has 0 unspecified atom stereocenters. The first kappa shape index (κ1) is 42.9. The van der Waals surface area contributed by atoms with Crippen LogP contribution in [0, 0.1) is 0 Å². The van der Waals surface area contributed by atoms with E-state index in [4.69, 9.17) is 30.6 Å². The number of β-lactam (4-membered cyclic amide) rings is 1. The average Bonchev–Trinajstić information content (AvgIpc) is 3.73. The summed E-state index contributed by atoms with van der Waals surface area (Å²) in [5.74, 6) is -1.06. The van der Waals surface area contributed by atoms with Gasteiger partial charge in [0.2, 0.25) is 5.60 Å². The molecule has 1 saturated heterocycles. The van der Waals surface area contributed by atoms with E-state index in [0.717, 1.165) is 33.6 Å². The molecule has 0 spiro atoms. The lowest BCUT2D eigenvalue weighted by atomic mass is 9.80. The second-order valence-electron chi connectivity index (χ2n) is 14.8. The Morgan fingerprint density at radius 3 is 2.02 bits per heavy atom. The molecule has 2 aliphatic heterocycles. The fraction of sp³-hybridized carbons (Fsp3) is 0.244. The quantitative estimate of drug-likeness (QED) is 0.0281. The fourth-order valence-electron chi connectivity index (χ4n) is 6.75. The highest BCUT2D eigenvalue weighted by atomic mass is 35.5. The van der Waals surface area contributed by atoms with Gasteiger partial charge in [0.25, 0.3) is 11.8 Å². The zero-order valence-corrected chi connectivity index (χ0v) is 36.0. The minimum absolute atomic E-state index is 0.00285. The first-order valence-corrected chi connectivity index (χ1v) is 21.6. The number of carbonyl (C=O) groups is 4. The van der Waals surface area contributed by atoms with Crippen LogP contribution in [0.2, 0.25) is 0 Å². The number of esters is 1. The number of anilines is 1. The van der Waals surface area contributed by atoms with E-state index >= 15 is 0 Å². The van der Waals surface area contributed by atoms with E-state index in [1.807, 2.05) is 91.0 Å². The lowest BCUT2D eigenvalue weighted by Crippen LogP contribution is -2.71. The number of hydrogen-bond donors (Lipinski definition) is 2. The summed E-state index contributed by atoms with van der Waals surface area (Å²) >= 11 is 8.68. The third-order valence-corrected chi connectivity index (χ3v) is 12.0. The fourth-order valence-corrected chi connectivity index (χ4v) is 9.11. The van der Waals surface area contributed by atoms with Crippen molar-refractivity contribution in [1.29, 1.82) is 0 Å². The largest absolute Gasteiger partial charge is 0.497 e. The third kappa shape index (κ3) is 9.43. The van der Waals surface area contributed by atoms with Crippen molar-refractivity contribution in [2.75, 3.05) is 24.1 Å². The van der Waals surface area contributed by atoms with Gasteiger partial charge in [0.1, 0.15) is 40.8 Å². The molecule has 314 valence electrons. The zero-order valence-electron chi connectivity index (χ0n) is 33.6. The van der Waals surface area contributed by atoms with Crippen LogP contribution >= 0.6 is 34.7 Å². The number of aromatic nitrogens is 1. The first-order valence-electron chi connectivity index (χ1n) is 19.1. The van der Waals surface area contributed by atoms with E-state index < -0.39 is 46.5 Å². The minimum atomic E-state index is -1.37. The summed E-state index contributed by atoms with van der Waals surface area (Å²) in [6.07, 6.45) is -0.735. The number of ether oxygens (including phenoxy) is 3. The Bertz CT molecular complexity index is 2340. The molecular weight excluding hydrogens is 838 g/mol. The molecule has 0 radical (unpaired) electrons. The van der Waals surface area contributed by atoms with Gasteiger partial charge in [-0.05, 0) is 44.0 Å². The third-order valence-electron chi connectivity index (χ3n) is 9.60. The molecule has 3 heterocycles. The van der Waals surface area contributed by atoms with Crippen molar-refractivity contribution in [2.24, 2.45) is 5.16 Å². The molecule has 16 heteroatoms. The predicted octanol–water partition coefficient (Wildman–Crippen LogP) is 7.85. The van der Waals surface area contributed by atoms with Crippen molar-refractivity contribution in [2.45, 2.75) is 50.0 Å². The minimum Gasteiger partial charge on any atom is -0.497 e. The molecule has 0 aliphatic carbocycles. The van der Waals surface area contributed by atoms with Crippen LogP contribution in [0.25, 0.3) is 0 Å². The normalized spacial score (nSPS) is 16.5. The van der Waals surface area contributed by atoms with E-state index in [1.165, 1.54) is 16.7 Å². The van der Waals surface area contributed by atoms with Gasteiger partial charge in [-0.15, -0.1) is 34.7 Å². The number of alkyl halides is 1. The van der Waals surface area contributed by atoms with E-state index in [1.54, 1.807) is 57.5 Å². The number of amides is 3. The Morgan fingerprint density at radius 1 is 0.885 bits per heavy atom. The Morgan fingerprint density at radius 2 is 1.48 bits per heavy atom. The number of benzene rings is 4. The number of fused-ring (bicyclic) bond motifs is 1. The number of halogens is 1. The molecule has 1 aromatic heterocycles. The SMILES string of the molecule is COc1ccc(COC(=O)C2=C(CCl)CS[C@H]3[C@H](NC(=O)C(=NOC(c4ccccc4)(c4ccccc4)c4ccccc4)c4csc(NC(=O)OC(C)(C)C)n4)C(=O)N23)cc1. The summed E-state index contributed by atoms with van der Waals surface area (Å²) in [5, 5.41) is 11.0. The summed E-state index contributed by atoms with van der Waals surface area (Å²) in [4.78, 5) is 67.3. The average molecular weight is 880 g/mol. The van der Waals surface area contributed by atoms with E-state index in [2.05, 4.69) is 20.8 Å². The Balaban J connectivity index is 1.21. The summed E-state index contributed by atoms with van der Waals surface area (Å²) in [6, 6.07) is 34.4. The van der Waals surface area contributed by atoms with Gasteiger partial charge in [-0.2, -0.15) is 0 Å². The van der Waals surface area contributed by atoms with Gasteiger partial charge in [0.15, 0.2) is 10.8 Å². The highest BCUT2D eigenvalue weighted by molar-refractivity contribution is 8.00. The summed E-state index contributed by atoms with van der Waals surface area (Å²) in [7, 11) is 1.56. The lowest BCUT2D eigenvalue weighted by molar-refractivity contribution is -0.153. The van der Waals surface area contributed by atoms with Gasteiger partial charge in [-0.3, -0.25) is 19.8 Å². The van der Waals surface area contributed by atoms with Crippen LogP contribution in [0.3, 0.4) is 0 Å². The second-order valence-corrected chi connectivity index (χ2v) is 17.1. The number of oxime groups is 1. The topological polar surface area (TPSA) is 158 Å². The van der Waals surface area contributed by atoms with Crippen LogP contribution in [0.15, 0.2) is 137 Å². The molecule has 1 fully saturated rings. The van der Waals surface area contributed by atoms with Crippen molar-refractivity contribution >= 4 is 69.4 Å². The number of thioether (sulfide) groups is 1. The summed E-state index contributed by atoms with van der Waals surface area (Å²) in [5.41, 5.74) is 1.11. The van der Waals surface area contributed by atoms with E-state index in [-0.39, 0.29) is 34.7 Å². The van der Waals surface area contributed by atoms with Crippen LogP contribution < -0.4 is 15.4 Å². The van der Waals surface area contributed by atoms with Crippen molar-refractivity contribution in [1.82, 2.24) is 15.2 Å².